The van der Waals surface area contributed by atoms with Gasteiger partial charge in [0.2, 0.25) is 24.6 Å². The largest absolute Gasteiger partial charge is 0.463 e. The average molecular weight is 378 g/mol. The molecule has 150 valence electrons. The number of hydrogen-bond donors (Lipinski definition) is 0. The lowest BCUT2D eigenvalue weighted by atomic mass is 10.3. The van der Waals surface area contributed by atoms with Gasteiger partial charge < -0.3 is 28.4 Å². The molecule has 0 aliphatic rings. The fraction of sp³-hybridized carbons (Fsp3) is 0.429. The normalized spacial score (nSPS) is 14.9. The molecule has 0 saturated carbocycles. The van der Waals surface area contributed by atoms with Gasteiger partial charge in [-0.1, -0.05) is 24.3 Å². The molecule has 0 radical (unpaired) electrons. The van der Waals surface area contributed by atoms with Gasteiger partial charge in [-0.25, -0.2) is 0 Å². The van der Waals surface area contributed by atoms with E-state index in [1.165, 1.54) is 0 Å². The van der Waals surface area contributed by atoms with Crippen molar-refractivity contribution in [1.29, 1.82) is 0 Å². The lowest BCUT2D eigenvalue weighted by Crippen LogP contribution is -2.19. The summed E-state index contributed by atoms with van der Waals surface area (Å²) in [6.07, 6.45) is 8.46. The van der Waals surface area contributed by atoms with Gasteiger partial charge in [0.25, 0.3) is 0 Å². The third kappa shape index (κ3) is 8.44. The summed E-state index contributed by atoms with van der Waals surface area (Å²) in [5.74, 6) is 1.35. The molecule has 3 atom stereocenters. The highest BCUT2D eigenvalue weighted by atomic mass is 16.7. The van der Waals surface area contributed by atoms with Crippen LogP contribution in [0.3, 0.4) is 0 Å². The minimum atomic E-state index is -0.549. The maximum absolute atomic E-state index is 5.92. The molecule has 0 aliphatic heterocycles. The molecule has 0 fully saturated rings. The van der Waals surface area contributed by atoms with Crippen LogP contribution in [-0.2, 0) is 14.2 Å². The van der Waals surface area contributed by atoms with Crippen LogP contribution in [-0.4, -0.2) is 18.9 Å². The Bertz CT molecular complexity index is 583. The van der Waals surface area contributed by atoms with Crippen molar-refractivity contribution in [2.45, 2.75) is 60.4 Å². The molecular formula is C21H30O6. The summed E-state index contributed by atoms with van der Waals surface area (Å²) < 4.78 is 33.9. The molecule has 0 aromatic heterocycles. The molecule has 1 rings (SSSR count). The number of para-hydroxylation sites is 1. The summed E-state index contributed by atoms with van der Waals surface area (Å²) >= 11 is 0. The molecule has 0 aliphatic carbocycles. The Balaban J connectivity index is 3.06. The Hall–Kier alpha value is -2.76. The van der Waals surface area contributed by atoms with Gasteiger partial charge >= 0.3 is 0 Å². The number of rotatable bonds is 12. The maximum Gasteiger partial charge on any atom is 0.237 e. The molecular weight excluding hydrogens is 348 g/mol. The quantitative estimate of drug-likeness (QED) is 0.353. The summed E-state index contributed by atoms with van der Waals surface area (Å²) in [6.45, 7) is 10.9. The van der Waals surface area contributed by atoms with Crippen molar-refractivity contribution < 1.29 is 28.4 Å². The van der Waals surface area contributed by atoms with E-state index in [1.54, 1.807) is 76.0 Å². The van der Waals surface area contributed by atoms with Crippen LogP contribution in [0.25, 0.3) is 0 Å². The van der Waals surface area contributed by atoms with Gasteiger partial charge in [-0.05, 0) is 32.9 Å². The van der Waals surface area contributed by atoms with E-state index in [2.05, 4.69) is 0 Å². The minimum absolute atomic E-state index is 0.404. The van der Waals surface area contributed by atoms with Crippen LogP contribution in [0.4, 0.5) is 0 Å². The van der Waals surface area contributed by atoms with E-state index in [1.807, 2.05) is 20.8 Å². The van der Waals surface area contributed by atoms with E-state index in [-0.39, 0.29) is 0 Å². The van der Waals surface area contributed by atoms with Crippen LogP contribution in [0.5, 0.6) is 17.2 Å². The smallest absolute Gasteiger partial charge is 0.237 e. The monoisotopic (exact) mass is 378 g/mol. The highest BCUT2D eigenvalue weighted by molar-refractivity contribution is 5.51. The van der Waals surface area contributed by atoms with Crippen LogP contribution in [0, 0.1) is 0 Å². The number of ether oxygens (including phenoxy) is 6. The van der Waals surface area contributed by atoms with E-state index in [0.717, 1.165) is 0 Å². The first-order valence-electron chi connectivity index (χ1n) is 8.94. The minimum Gasteiger partial charge on any atom is -0.463 e. The molecule has 3 unspecified atom stereocenters. The molecule has 27 heavy (non-hydrogen) atoms. The van der Waals surface area contributed by atoms with Crippen molar-refractivity contribution in [3.05, 3.63) is 55.2 Å². The van der Waals surface area contributed by atoms with Crippen LogP contribution >= 0.6 is 0 Å². The molecule has 1 aromatic rings. The van der Waals surface area contributed by atoms with Gasteiger partial charge in [0.15, 0.2) is 11.5 Å². The van der Waals surface area contributed by atoms with E-state index < -0.39 is 18.9 Å². The second kappa shape index (κ2) is 12.6. The van der Waals surface area contributed by atoms with Crippen molar-refractivity contribution in [3.63, 3.8) is 0 Å². The Labute approximate surface area is 162 Å². The fourth-order valence-electron chi connectivity index (χ4n) is 1.97. The van der Waals surface area contributed by atoms with Crippen molar-refractivity contribution >= 4 is 0 Å². The first-order chi connectivity index (χ1) is 13.0. The van der Waals surface area contributed by atoms with Gasteiger partial charge in [0, 0.05) is 20.8 Å². The SMILES string of the molecule is C/C=C\OC(C)Oc1cccc(OC(C)O/C=C\C)c1OC(C)O/C=C\C. The summed E-state index contributed by atoms with van der Waals surface area (Å²) in [5, 5.41) is 0. The predicted molar refractivity (Wildman–Crippen MR) is 104 cm³/mol. The van der Waals surface area contributed by atoms with Gasteiger partial charge in [-0.2, -0.15) is 0 Å². The van der Waals surface area contributed by atoms with Crippen molar-refractivity contribution in [2.24, 2.45) is 0 Å². The second-order valence-corrected chi connectivity index (χ2v) is 5.46. The maximum atomic E-state index is 5.92. The number of hydrogen-bond acceptors (Lipinski definition) is 6. The Morgan fingerprint density at radius 1 is 0.630 bits per heavy atom. The van der Waals surface area contributed by atoms with Crippen LogP contribution in [0.2, 0.25) is 0 Å². The van der Waals surface area contributed by atoms with Crippen molar-refractivity contribution in [1.82, 2.24) is 0 Å². The zero-order valence-electron chi connectivity index (χ0n) is 16.9. The average Bonchev–Trinajstić information content (AvgIpc) is 2.65. The summed E-state index contributed by atoms with van der Waals surface area (Å²) in [6, 6.07) is 5.36. The van der Waals surface area contributed by atoms with E-state index in [0.29, 0.717) is 17.2 Å². The van der Waals surface area contributed by atoms with E-state index in [9.17, 15) is 0 Å². The molecule has 0 heterocycles. The Morgan fingerprint density at radius 2 is 1.00 bits per heavy atom. The van der Waals surface area contributed by atoms with Crippen LogP contribution in [0.15, 0.2) is 55.2 Å². The second-order valence-electron chi connectivity index (χ2n) is 5.46. The molecule has 1 aromatic carbocycles. The summed E-state index contributed by atoms with van der Waals surface area (Å²) in [4.78, 5) is 0. The van der Waals surface area contributed by atoms with Crippen LogP contribution in [0.1, 0.15) is 41.5 Å². The molecule has 0 bridgehead atoms. The molecule has 6 nitrogen and oxygen atoms in total. The standard InChI is InChI=1S/C21H30O6/c1-7-13-22-16(4)25-19-11-10-12-20(26-17(5)23-14-8-2)21(19)27-18(6)24-15-9-3/h7-18H,1-6H3/b13-7-,14-8-,15-9-. The lowest BCUT2D eigenvalue weighted by Gasteiger charge is -2.23. The van der Waals surface area contributed by atoms with E-state index in [4.69, 9.17) is 28.4 Å². The number of benzene rings is 1. The number of allylic oxidation sites excluding steroid dienone is 3. The Morgan fingerprint density at radius 3 is 1.37 bits per heavy atom. The first kappa shape index (κ1) is 22.3. The summed E-state index contributed by atoms with van der Waals surface area (Å²) in [7, 11) is 0. The van der Waals surface area contributed by atoms with Crippen molar-refractivity contribution in [2.75, 3.05) is 0 Å². The van der Waals surface area contributed by atoms with Gasteiger partial charge in [0.1, 0.15) is 0 Å². The zero-order chi connectivity index (χ0) is 20.1. The molecule has 0 N–H and O–H groups in total. The topological polar surface area (TPSA) is 55.4 Å². The van der Waals surface area contributed by atoms with Gasteiger partial charge in [-0.15, -0.1) is 0 Å². The zero-order valence-corrected chi connectivity index (χ0v) is 16.9. The van der Waals surface area contributed by atoms with Crippen LogP contribution < -0.4 is 14.2 Å². The third-order valence-corrected chi connectivity index (χ3v) is 3.03. The van der Waals surface area contributed by atoms with Crippen molar-refractivity contribution in [3.8, 4) is 17.2 Å². The molecule has 6 heteroatoms. The lowest BCUT2D eigenvalue weighted by molar-refractivity contribution is -0.0428. The molecule has 0 amide bonds. The first-order valence-corrected chi connectivity index (χ1v) is 8.94. The van der Waals surface area contributed by atoms with Gasteiger partial charge in [0.05, 0.1) is 18.8 Å². The van der Waals surface area contributed by atoms with E-state index >= 15 is 0 Å². The highest BCUT2D eigenvalue weighted by Gasteiger charge is 2.19. The third-order valence-electron chi connectivity index (χ3n) is 3.03. The highest BCUT2D eigenvalue weighted by Crippen LogP contribution is 2.39. The molecule has 0 spiro atoms. The fourth-order valence-corrected chi connectivity index (χ4v) is 1.97. The Kier molecular flexibility index (Phi) is 10.4. The molecule has 0 saturated heterocycles. The summed E-state index contributed by atoms with van der Waals surface area (Å²) in [5.41, 5.74) is 0. The van der Waals surface area contributed by atoms with Gasteiger partial charge in [-0.3, -0.25) is 0 Å². The predicted octanol–water partition coefficient (Wildman–Crippen LogP) is 5.51.